The van der Waals surface area contributed by atoms with Crippen LogP contribution in [-0.2, 0) is 6.54 Å². The molecule has 0 fully saturated rings. The molecule has 0 radical (unpaired) electrons. The standard InChI is InChI=1S/C10H9BrN2O2/c1-2-13-7(11)5-6-3-4-12-8(9(6)13)10(14)15/h3-5H,2H2,1H3,(H,14,15). The van der Waals surface area contributed by atoms with E-state index in [0.717, 1.165) is 9.99 Å². The number of pyridine rings is 1. The number of aromatic carboxylic acids is 1. The maximum Gasteiger partial charge on any atom is 0.356 e. The fraction of sp³-hybridized carbons (Fsp3) is 0.200. The second-order valence-electron chi connectivity index (χ2n) is 3.11. The minimum atomic E-state index is -0.999. The van der Waals surface area contributed by atoms with Crippen molar-refractivity contribution < 1.29 is 9.90 Å². The maximum atomic E-state index is 11.0. The lowest BCUT2D eigenvalue weighted by atomic mass is 10.2. The zero-order chi connectivity index (χ0) is 11.0. The van der Waals surface area contributed by atoms with Gasteiger partial charge in [0.05, 0.1) is 10.1 Å². The highest BCUT2D eigenvalue weighted by Gasteiger charge is 2.15. The van der Waals surface area contributed by atoms with Crippen LogP contribution in [0.15, 0.2) is 22.9 Å². The number of aryl methyl sites for hydroxylation is 1. The molecule has 0 unspecified atom stereocenters. The topological polar surface area (TPSA) is 55.1 Å². The van der Waals surface area contributed by atoms with E-state index >= 15 is 0 Å². The average Bonchev–Trinajstić information content (AvgIpc) is 2.52. The number of rotatable bonds is 2. The van der Waals surface area contributed by atoms with Gasteiger partial charge in [-0.15, -0.1) is 0 Å². The molecule has 0 aromatic carbocycles. The van der Waals surface area contributed by atoms with Crippen molar-refractivity contribution in [3.63, 3.8) is 0 Å². The molecule has 0 saturated carbocycles. The minimum absolute atomic E-state index is 0.0973. The van der Waals surface area contributed by atoms with Gasteiger partial charge in [0.2, 0.25) is 0 Å². The van der Waals surface area contributed by atoms with Crippen molar-refractivity contribution in [2.24, 2.45) is 0 Å². The van der Waals surface area contributed by atoms with Crippen molar-refractivity contribution in [1.29, 1.82) is 0 Å². The Morgan fingerprint density at radius 2 is 2.40 bits per heavy atom. The van der Waals surface area contributed by atoms with Gasteiger partial charge in [-0.25, -0.2) is 9.78 Å². The summed E-state index contributed by atoms with van der Waals surface area (Å²) in [6.45, 7) is 2.67. The van der Waals surface area contributed by atoms with E-state index in [2.05, 4.69) is 20.9 Å². The Hall–Kier alpha value is -1.36. The summed E-state index contributed by atoms with van der Waals surface area (Å²) in [6.07, 6.45) is 1.51. The third-order valence-electron chi connectivity index (χ3n) is 2.28. The summed E-state index contributed by atoms with van der Waals surface area (Å²) in [6, 6.07) is 3.70. The molecule has 78 valence electrons. The molecule has 5 heteroatoms. The maximum absolute atomic E-state index is 11.0. The first-order valence-corrected chi connectivity index (χ1v) is 5.31. The zero-order valence-electron chi connectivity index (χ0n) is 8.07. The van der Waals surface area contributed by atoms with E-state index in [1.807, 2.05) is 17.6 Å². The third kappa shape index (κ3) is 1.52. The van der Waals surface area contributed by atoms with Crippen LogP contribution in [0.3, 0.4) is 0 Å². The first kappa shape index (κ1) is 10.2. The summed E-state index contributed by atoms with van der Waals surface area (Å²) >= 11 is 3.40. The molecule has 0 spiro atoms. The molecule has 0 atom stereocenters. The summed E-state index contributed by atoms with van der Waals surface area (Å²) in [5, 5.41) is 9.91. The number of nitrogens with zero attached hydrogens (tertiary/aromatic N) is 2. The highest BCUT2D eigenvalue weighted by atomic mass is 79.9. The number of hydrogen-bond acceptors (Lipinski definition) is 2. The summed E-state index contributed by atoms with van der Waals surface area (Å²) in [5.41, 5.74) is 0.763. The lowest BCUT2D eigenvalue weighted by Crippen LogP contribution is -2.05. The predicted octanol–water partition coefficient (Wildman–Crippen LogP) is 2.52. The number of carboxylic acid groups (broad SMARTS) is 1. The van der Waals surface area contributed by atoms with E-state index < -0.39 is 5.97 Å². The molecule has 0 saturated heterocycles. The smallest absolute Gasteiger partial charge is 0.356 e. The first-order chi connectivity index (χ1) is 7.15. The first-order valence-electron chi connectivity index (χ1n) is 4.52. The lowest BCUT2D eigenvalue weighted by Gasteiger charge is -2.04. The normalized spacial score (nSPS) is 10.8. The van der Waals surface area contributed by atoms with E-state index in [9.17, 15) is 4.79 Å². The Bertz CT molecular complexity index is 533. The summed E-state index contributed by atoms with van der Waals surface area (Å²) < 4.78 is 2.75. The molecule has 2 aromatic rings. The van der Waals surface area contributed by atoms with Gasteiger partial charge in [0.15, 0.2) is 5.69 Å². The van der Waals surface area contributed by atoms with Crippen LogP contribution in [0, 0.1) is 0 Å². The van der Waals surface area contributed by atoms with Gasteiger partial charge >= 0.3 is 5.97 Å². The van der Waals surface area contributed by atoms with E-state index in [0.29, 0.717) is 12.1 Å². The molecule has 2 aromatic heterocycles. The number of fused-ring (bicyclic) bond motifs is 1. The molecule has 1 N–H and O–H groups in total. The van der Waals surface area contributed by atoms with Gasteiger partial charge in [0, 0.05) is 18.1 Å². The summed E-state index contributed by atoms with van der Waals surface area (Å²) in [5.74, 6) is -0.999. The van der Waals surface area contributed by atoms with Crippen LogP contribution >= 0.6 is 15.9 Å². The second kappa shape index (κ2) is 3.66. The molecular formula is C10H9BrN2O2. The molecule has 2 rings (SSSR count). The Labute approximate surface area is 94.7 Å². The van der Waals surface area contributed by atoms with Gasteiger partial charge in [-0.05, 0) is 35.0 Å². The van der Waals surface area contributed by atoms with Crippen molar-refractivity contribution in [1.82, 2.24) is 9.55 Å². The fourth-order valence-electron chi connectivity index (χ4n) is 1.65. The number of hydrogen-bond donors (Lipinski definition) is 1. The van der Waals surface area contributed by atoms with Gasteiger partial charge in [0.1, 0.15) is 0 Å². The van der Waals surface area contributed by atoms with E-state index in [4.69, 9.17) is 5.11 Å². The minimum Gasteiger partial charge on any atom is -0.476 e. The van der Waals surface area contributed by atoms with Crippen molar-refractivity contribution in [2.45, 2.75) is 13.5 Å². The predicted molar refractivity (Wildman–Crippen MR) is 60.1 cm³/mol. The molecule has 0 aliphatic rings. The van der Waals surface area contributed by atoms with E-state index in [1.165, 1.54) is 6.20 Å². The third-order valence-corrected chi connectivity index (χ3v) is 2.93. The number of halogens is 1. The van der Waals surface area contributed by atoms with Gasteiger partial charge in [-0.2, -0.15) is 0 Å². The van der Waals surface area contributed by atoms with Crippen LogP contribution in [0.1, 0.15) is 17.4 Å². The number of carboxylic acids is 1. The Balaban J connectivity index is 2.87. The van der Waals surface area contributed by atoms with E-state index in [1.54, 1.807) is 6.07 Å². The Kier molecular flexibility index (Phi) is 2.48. The van der Waals surface area contributed by atoms with Gasteiger partial charge in [0.25, 0.3) is 0 Å². The van der Waals surface area contributed by atoms with Crippen LogP contribution in [0.25, 0.3) is 10.9 Å². The van der Waals surface area contributed by atoms with Crippen LogP contribution in [-0.4, -0.2) is 20.6 Å². The monoisotopic (exact) mass is 268 g/mol. The molecule has 0 aliphatic heterocycles. The van der Waals surface area contributed by atoms with Gasteiger partial charge < -0.3 is 9.67 Å². The molecule has 2 heterocycles. The zero-order valence-corrected chi connectivity index (χ0v) is 9.65. The highest BCUT2D eigenvalue weighted by molar-refractivity contribution is 9.10. The quantitative estimate of drug-likeness (QED) is 0.911. The Morgan fingerprint density at radius 3 is 3.00 bits per heavy atom. The molecule has 15 heavy (non-hydrogen) atoms. The lowest BCUT2D eigenvalue weighted by molar-refractivity contribution is 0.0692. The van der Waals surface area contributed by atoms with E-state index in [-0.39, 0.29) is 5.69 Å². The molecule has 0 aliphatic carbocycles. The average molecular weight is 269 g/mol. The summed E-state index contributed by atoms with van der Waals surface area (Å²) in [7, 11) is 0. The number of carbonyl (C=O) groups is 1. The molecule has 0 amide bonds. The van der Waals surface area contributed by atoms with Crippen molar-refractivity contribution in [3.8, 4) is 0 Å². The van der Waals surface area contributed by atoms with Gasteiger partial charge in [-0.1, -0.05) is 0 Å². The second-order valence-corrected chi connectivity index (χ2v) is 3.93. The van der Waals surface area contributed by atoms with Crippen molar-refractivity contribution in [3.05, 3.63) is 28.6 Å². The fourth-order valence-corrected chi connectivity index (χ4v) is 2.32. The summed E-state index contributed by atoms with van der Waals surface area (Å²) in [4.78, 5) is 14.9. The molecule has 0 bridgehead atoms. The molecule has 4 nitrogen and oxygen atoms in total. The van der Waals surface area contributed by atoms with Crippen molar-refractivity contribution >= 4 is 32.8 Å². The van der Waals surface area contributed by atoms with Gasteiger partial charge in [-0.3, -0.25) is 0 Å². The van der Waals surface area contributed by atoms with Crippen LogP contribution in [0.4, 0.5) is 0 Å². The van der Waals surface area contributed by atoms with Crippen LogP contribution in [0.5, 0.6) is 0 Å². The van der Waals surface area contributed by atoms with Crippen LogP contribution in [0.2, 0.25) is 0 Å². The highest BCUT2D eigenvalue weighted by Crippen LogP contribution is 2.25. The van der Waals surface area contributed by atoms with Crippen LogP contribution < -0.4 is 0 Å². The Morgan fingerprint density at radius 1 is 1.67 bits per heavy atom. The van der Waals surface area contributed by atoms with Crippen molar-refractivity contribution in [2.75, 3.05) is 0 Å². The molecular weight excluding hydrogens is 260 g/mol. The SMILES string of the molecule is CCn1c(Br)cc2ccnc(C(=O)O)c21. The largest absolute Gasteiger partial charge is 0.476 e. The number of aromatic nitrogens is 2.